The first-order valence-corrected chi connectivity index (χ1v) is 6.52. The Labute approximate surface area is 120 Å². The van der Waals surface area contributed by atoms with E-state index < -0.39 is 0 Å². The molecule has 2 N–H and O–H groups in total. The van der Waals surface area contributed by atoms with E-state index in [1.54, 1.807) is 12.3 Å². The van der Waals surface area contributed by atoms with Gasteiger partial charge in [-0.3, -0.25) is 9.59 Å². The Kier molecular flexibility index (Phi) is 3.20. The van der Waals surface area contributed by atoms with Gasteiger partial charge in [-0.15, -0.1) is 0 Å². The third kappa shape index (κ3) is 2.40. The third-order valence-electron chi connectivity index (χ3n) is 3.15. The Bertz CT molecular complexity index is 681. The highest BCUT2D eigenvalue weighted by Crippen LogP contribution is 2.21. The van der Waals surface area contributed by atoms with Crippen molar-refractivity contribution < 1.29 is 9.59 Å². The molecule has 1 aliphatic heterocycles. The molecule has 1 aliphatic rings. The highest BCUT2D eigenvalue weighted by atomic mass is 35.5. The molecular weight excluding hydrogens is 278 g/mol. The van der Waals surface area contributed by atoms with Gasteiger partial charge in [-0.25, -0.2) is 0 Å². The SMILES string of the molecule is O=C1CN(C(=O)c2cc(Cl)c[nH]2)Cc2ccccc2N1. The van der Waals surface area contributed by atoms with Crippen LogP contribution in [-0.4, -0.2) is 28.2 Å². The fourth-order valence-corrected chi connectivity index (χ4v) is 2.37. The van der Waals surface area contributed by atoms with Crippen LogP contribution in [0.15, 0.2) is 36.5 Å². The van der Waals surface area contributed by atoms with Crippen molar-refractivity contribution >= 4 is 29.1 Å². The molecule has 2 heterocycles. The molecule has 0 fully saturated rings. The van der Waals surface area contributed by atoms with Gasteiger partial charge in [0.2, 0.25) is 5.91 Å². The van der Waals surface area contributed by atoms with E-state index >= 15 is 0 Å². The summed E-state index contributed by atoms with van der Waals surface area (Å²) in [6.07, 6.45) is 1.54. The number of aromatic nitrogens is 1. The van der Waals surface area contributed by atoms with Crippen molar-refractivity contribution in [1.82, 2.24) is 9.88 Å². The molecule has 0 unspecified atom stereocenters. The second kappa shape index (κ2) is 5.02. The number of para-hydroxylation sites is 1. The number of nitrogens with zero attached hydrogens (tertiary/aromatic N) is 1. The van der Waals surface area contributed by atoms with Gasteiger partial charge in [0.15, 0.2) is 0 Å². The van der Waals surface area contributed by atoms with Gasteiger partial charge in [0, 0.05) is 18.4 Å². The molecule has 0 spiro atoms. The molecule has 2 amide bonds. The average molecular weight is 290 g/mol. The summed E-state index contributed by atoms with van der Waals surface area (Å²) < 4.78 is 0. The molecule has 20 heavy (non-hydrogen) atoms. The lowest BCUT2D eigenvalue weighted by molar-refractivity contribution is -0.116. The Hall–Kier alpha value is -2.27. The summed E-state index contributed by atoms with van der Waals surface area (Å²) in [5, 5.41) is 3.26. The van der Waals surface area contributed by atoms with Crippen LogP contribution >= 0.6 is 11.6 Å². The molecule has 0 saturated carbocycles. The summed E-state index contributed by atoms with van der Waals surface area (Å²) >= 11 is 5.80. The van der Waals surface area contributed by atoms with Gasteiger partial charge in [0.05, 0.1) is 5.02 Å². The highest BCUT2D eigenvalue weighted by Gasteiger charge is 2.24. The minimum atomic E-state index is -0.247. The van der Waals surface area contributed by atoms with Gasteiger partial charge in [-0.05, 0) is 17.7 Å². The quantitative estimate of drug-likeness (QED) is 0.846. The predicted molar refractivity (Wildman–Crippen MR) is 75.6 cm³/mol. The van der Waals surface area contributed by atoms with Crippen molar-refractivity contribution in [1.29, 1.82) is 0 Å². The van der Waals surface area contributed by atoms with Crippen LogP contribution in [0, 0.1) is 0 Å². The van der Waals surface area contributed by atoms with E-state index in [4.69, 9.17) is 11.6 Å². The number of hydrogen-bond donors (Lipinski definition) is 2. The summed E-state index contributed by atoms with van der Waals surface area (Å²) in [4.78, 5) is 28.5. The topological polar surface area (TPSA) is 65.2 Å². The zero-order valence-electron chi connectivity index (χ0n) is 10.5. The number of aromatic amines is 1. The Morgan fingerprint density at radius 1 is 1.25 bits per heavy atom. The normalized spacial score (nSPS) is 14.4. The second-order valence-corrected chi connectivity index (χ2v) is 5.03. The van der Waals surface area contributed by atoms with E-state index in [1.165, 1.54) is 4.90 Å². The number of nitrogens with one attached hydrogen (secondary N) is 2. The van der Waals surface area contributed by atoms with Crippen LogP contribution in [-0.2, 0) is 11.3 Å². The number of benzene rings is 1. The maximum absolute atomic E-state index is 12.4. The van der Waals surface area contributed by atoms with Crippen LogP contribution < -0.4 is 5.32 Å². The first-order chi connectivity index (χ1) is 9.63. The monoisotopic (exact) mass is 289 g/mol. The van der Waals surface area contributed by atoms with Gasteiger partial charge in [0.1, 0.15) is 12.2 Å². The standard InChI is InChI=1S/C14H12ClN3O2/c15-10-5-12(16-6-10)14(20)18-7-9-3-1-2-4-11(9)17-13(19)8-18/h1-6,16H,7-8H2,(H,17,19). The van der Waals surface area contributed by atoms with Gasteiger partial charge < -0.3 is 15.2 Å². The molecule has 102 valence electrons. The molecule has 0 aliphatic carbocycles. The molecule has 2 aromatic rings. The van der Waals surface area contributed by atoms with Crippen molar-refractivity contribution in [2.75, 3.05) is 11.9 Å². The molecule has 0 radical (unpaired) electrons. The van der Waals surface area contributed by atoms with E-state index in [0.717, 1.165) is 11.3 Å². The van der Waals surface area contributed by atoms with Gasteiger partial charge in [-0.1, -0.05) is 29.8 Å². The van der Waals surface area contributed by atoms with E-state index in [-0.39, 0.29) is 18.4 Å². The minimum Gasteiger partial charge on any atom is -0.356 e. The predicted octanol–water partition coefficient (Wildman–Crippen LogP) is 2.26. The fourth-order valence-electron chi connectivity index (χ4n) is 2.21. The Morgan fingerprint density at radius 3 is 2.80 bits per heavy atom. The van der Waals surface area contributed by atoms with Crippen molar-refractivity contribution in [3.63, 3.8) is 0 Å². The summed E-state index contributed by atoms with van der Waals surface area (Å²) in [6.45, 7) is 0.397. The summed E-state index contributed by atoms with van der Waals surface area (Å²) in [6, 6.07) is 9.00. The number of H-pyrrole nitrogens is 1. The van der Waals surface area contributed by atoms with Crippen molar-refractivity contribution in [3.8, 4) is 0 Å². The number of anilines is 1. The number of rotatable bonds is 1. The molecule has 1 aromatic heterocycles. The van der Waals surface area contributed by atoms with Crippen LogP contribution in [0.4, 0.5) is 5.69 Å². The van der Waals surface area contributed by atoms with Crippen LogP contribution in [0.3, 0.4) is 0 Å². The number of halogens is 1. The fraction of sp³-hybridized carbons (Fsp3) is 0.143. The number of fused-ring (bicyclic) bond motifs is 1. The zero-order valence-corrected chi connectivity index (χ0v) is 11.3. The smallest absolute Gasteiger partial charge is 0.271 e. The Balaban J connectivity index is 1.91. The van der Waals surface area contributed by atoms with Gasteiger partial charge in [-0.2, -0.15) is 0 Å². The van der Waals surface area contributed by atoms with Gasteiger partial charge in [0.25, 0.3) is 5.91 Å². The van der Waals surface area contributed by atoms with E-state index in [1.807, 2.05) is 24.3 Å². The van der Waals surface area contributed by atoms with E-state index in [9.17, 15) is 9.59 Å². The first-order valence-electron chi connectivity index (χ1n) is 6.14. The molecule has 0 bridgehead atoms. The molecule has 0 atom stereocenters. The van der Waals surface area contributed by atoms with E-state index in [0.29, 0.717) is 17.3 Å². The molecule has 0 saturated heterocycles. The Morgan fingerprint density at radius 2 is 2.05 bits per heavy atom. The van der Waals surface area contributed by atoms with E-state index in [2.05, 4.69) is 10.3 Å². The summed E-state index contributed by atoms with van der Waals surface area (Å²) in [7, 11) is 0. The maximum atomic E-state index is 12.4. The average Bonchev–Trinajstić information content (AvgIpc) is 2.77. The lowest BCUT2D eigenvalue weighted by Gasteiger charge is -2.18. The van der Waals surface area contributed by atoms with Crippen LogP contribution in [0.5, 0.6) is 0 Å². The molecule has 6 heteroatoms. The van der Waals surface area contributed by atoms with Gasteiger partial charge >= 0.3 is 0 Å². The number of amides is 2. The number of carbonyl (C=O) groups excluding carboxylic acids is 2. The third-order valence-corrected chi connectivity index (χ3v) is 3.37. The summed E-state index contributed by atoms with van der Waals surface area (Å²) in [5.41, 5.74) is 2.03. The minimum absolute atomic E-state index is 0.0180. The molecule has 1 aromatic carbocycles. The van der Waals surface area contributed by atoms with Crippen LogP contribution in [0.1, 0.15) is 16.1 Å². The molecular formula is C14H12ClN3O2. The maximum Gasteiger partial charge on any atom is 0.271 e. The zero-order chi connectivity index (χ0) is 14.1. The van der Waals surface area contributed by atoms with Crippen molar-refractivity contribution in [3.05, 3.63) is 52.8 Å². The molecule has 3 rings (SSSR count). The van der Waals surface area contributed by atoms with Crippen LogP contribution in [0.25, 0.3) is 0 Å². The largest absolute Gasteiger partial charge is 0.356 e. The lowest BCUT2D eigenvalue weighted by Crippen LogP contribution is -2.35. The number of hydrogen-bond acceptors (Lipinski definition) is 2. The molecule has 5 nitrogen and oxygen atoms in total. The van der Waals surface area contributed by atoms with Crippen molar-refractivity contribution in [2.45, 2.75) is 6.54 Å². The van der Waals surface area contributed by atoms with Crippen LogP contribution in [0.2, 0.25) is 5.02 Å². The second-order valence-electron chi connectivity index (χ2n) is 4.60. The van der Waals surface area contributed by atoms with Crippen molar-refractivity contribution in [2.24, 2.45) is 0 Å². The lowest BCUT2D eigenvalue weighted by atomic mass is 10.1. The highest BCUT2D eigenvalue weighted by molar-refractivity contribution is 6.31. The summed E-state index contributed by atoms with van der Waals surface area (Å²) in [5.74, 6) is -0.454. The first kappa shape index (κ1) is 12.7. The number of carbonyl (C=O) groups is 2.